The Kier molecular flexibility index (Phi) is 42.7. The lowest BCUT2D eigenvalue weighted by molar-refractivity contribution is -0.124. The molecule has 0 fully saturated rings. The molecule has 0 aliphatic heterocycles. The quantitative estimate of drug-likeness (QED) is 0.0369. The molecule has 4 N–H and O–H groups in total. The van der Waals surface area contributed by atoms with Gasteiger partial charge in [-0.2, -0.15) is 0 Å². The topological polar surface area (TPSA) is 89.8 Å². The summed E-state index contributed by atoms with van der Waals surface area (Å²) < 4.78 is 0. The summed E-state index contributed by atoms with van der Waals surface area (Å²) in [6, 6.07) is -0.771. The molecule has 0 spiro atoms. The van der Waals surface area contributed by atoms with E-state index in [0.29, 0.717) is 6.42 Å². The summed E-state index contributed by atoms with van der Waals surface area (Å²) in [7, 11) is 0. The molecule has 316 valence electrons. The van der Waals surface area contributed by atoms with Gasteiger partial charge in [0.05, 0.1) is 31.3 Å². The van der Waals surface area contributed by atoms with E-state index < -0.39 is 18.2 Å². The van der Waals surface area contributed by atoms with Crippen molar-refractivity contribution in [2.24, 2.45) is 0 Å². The van der Waals surface area contributed by atoms with E-state index in [2.05, 4.69) is 55.6 Å². The van der Waals surface area contributed by atoms with Crippen LogP contribution in [0.1, 0.15) is 232 Å². The Hall–Kier alpha value is -1.69. The van der Waals surface area contributed by atoms with Crippen molar-refractivity contribution in [3.8, 4) is 0 Å². The number of amides is 1. The van der Waals surface area contributed by atoms with E-state index in [-0.39, 0.29) is 18.9 Å². The fourth-order valence-electron chi connectivity index (χ4n) is 6.95. The molecule has 0 aliphatic rings. The third-order valence-corrected chi connectivity index (χ3v) is 10.6. The monoisotopic (exact) mass is 758 g/mol. The zero-order valence-corrected chi connectivity index (χ0v) is 35.8. The molecule has 0 rings (SSSR count). The van der Waals surface area contributed by atoms with Gasteiger partial charge in [0.15, 0.2) is 0 Å². The van der Waals surface area contributed by atoms with Crippen molar-refractivity contribution in [1.82, 2.24) is 5.32 Å². The second kappa shape index (κ2) is 44.0. The molecule has 0 aromatic carbocycles. The Labute approximate surface area is 336 Å². The van der Waals surface area contributed by atoms with Crippen LogP contribution in [0.4, 0.5) is 0 Å². The first-order valence-electron chi connectivity index (χ1n) is 23.4. The number of nitrogens with one attached hydrogen (secondary N) is 1. The van der Waals surface area contributed by atoms with Crippen LogP contribution in [0.3, 0.4) is 0 Å². The molecule has 5 nitrogen and oxygen atoms in total. The number of aliphatic hydroxyl groups is 3. The molecule has 3 unspecified atom stereocenters. The highest BCUT2D eigenvalue weighted by molar-refractivity contribution is 5.76. The number of hydrogen-bond donors (Lipinski definition) is 4. The summed E-state index contributed by atoms with van der Waals surface area (Å²) in [5.74, 6) is -0.334. The molecular weight excluding hydrogens is 667 g/mol. The van der Waals surface area contributed by atoms with Gasteiger partial charge >= 0.3 is 0 Å². The summed E-state index contributed by atoms with van der Waals surface area (Å²) in [4.78, 5) is 12.4. The van der Waals surface area contributed by atoms with E-state index in [0.717, 1.165) is 51.4 Å². The summed E-state index contributed by atoms with van der Waals surface area (Å²) in [6.45, 7) is 4.20. The lowest BCUT2D eigenvalue weighted by Crippen LogP contribution is -2.45. The van der Waals surface area contributed by atoms with Crippen molar-refractivity contribution in [3.05, 3.63) is 48.6 Å². The molecule has 0 saturated heterocycles. The normalized spacial score (nSPS) is 13.9. The van der Waals surface area contributed by atoms with Crippen LogP contribution in [0.15, 0.2) is 48.6 Å². The van der Waals surface area contributed by atoms with Gasteiger partial charge in [-0.05, 0) is 70.6 Å². The van der Waals surface area contributed by atoms with Crippen molar-refractivity contribution < 1.29 is 20.1 Å². The average Bonchev–Trinajstić information content (AvgIpc) is 3.16. The summed E-state index contributed by atoms with van der Waals surface area (Å²) >= 11 is 0. The Morgan fingerprint density at radius 2 is 0.796 bits per heavy atom. The highest BCUT2D eigenvalue weighted by Crippen LogP contribution is 2.14. The number of allylic oxidation sites excluding steroid dienone is 7. The maximum atomic E-state index is 12.4. The lowest BCUT2D eigenvalue weighted by atomic mass is 10.0. The van der Waals surface area contributed by atoms with Gasteiger partial charge < -0.3 is 20.6 Å². The smallest absolute Gasteiger partial charge is 0.222 e. The number of hydrogen-bond acceptors (Lipinski definition) is 4. The van der Waals surface area contributed by atoms with Crippen molar-refractivity contribution in [2.75, 3.05) is 6.61 Å². The van der Waals surface area contributed by atoms with Gasteiger partial charge in [0, 0.05) is 0 Å². The maximum absolute atomic E-state index is 12.4. The SMILES string of the molecule is CCCCCCCCCCCC/C=C\CCCCCCCC(O)CC(=O)NC(CO)C(O)/C=C/CC/C=C/CC/C=C/CCCCCCCCCCCC. The molecule has 0 aromatic rings. The number of carbonyl (C=O) groups is 1. The zero-order valence-electron chi connectivity index (χ0n) is 35.8. The zero-order chi connectivity index (χ0) is 39.4. The van der Waals surface area contributed by atoms with Gasteiger partial charge in [0.2, 0.25) is 5.91 Å². The van der Waals surface area contributed by atoms with E-state index in [9.17, 15) is 20.1 Å². The van der Waals surface area contributed by atoms with E-state index in [1.54, 1.807) is 6.08 Å². The molecule has 3 atom stereocenters. The molecule has 54 heavy (non-hydrogen) atoms. The van der Waals surface area contributed by atoms with E-state index >= 15 is 0 Å². The fraction of sp³-hybridized carbons (Fsp3) is 0.816. The van der Waals surface area contributed by atoms with Crippen LogP contribution in [0.5, 0.6) is 0 Å². The van der Waals surface area contributed by atoms with Crippen LogP contribution in [0, 0.1) is 0 Å². The third kappa shape index (κ3) is 40.0. The standard InChI is InChI=1S/C49H91NO4/c1-3-5-7-9-11-13-15-17-19-21-23-25-27-29-31-33-35-37-39-41-43-48(53)47(45-51)50-49(54)44-46(52)42-40-38-36-34-32-30-28-26-24-22-20-18-16-14-12-10-8-6-4-2/h25-28,33,35,41,43,46-48,51-53H,3-24,29-32,34,36-40,42,44-45H2,1-2H3,(H,50,54)/b27-25+,28-26-,35-33+,43-41+. The predicted octanol–water partition coefficient (Wildman–Crippen LogP) is 13.7. The Morgan fingerprint density at radius 3 is 1.19 bits per heavy atom. The van der Waals surface area contributed by atoms with E-state index in [1.807, 2.05) is 6.08 Å². The first kappa shape index (κ1) is 52.3. The molecule has 0 saturated carbocycles. The van der Waals surface area contributed by atoms with Crippen molar-refractivity contribution in [2.45, 2.75) is 250 Å². The van der Waals surface area contributed by atoms with Crippen molar-refractivity contribution in [3.63, 3.8) is 0 Å². The average molecular weight is 758 g/mol. The largest absolute Gasteiger partial charge is 0.394 e. The number of aliphatic hydroxyl groups excluding tert-OH is 3. The minimum atomic E-state index is -0.963. The van der Waals surface area contributed by atoms with E-state index in [4.69, 9.17) is 0 Å². The Morgan fingerprint density at radius 1 is 0.463 bits per heavy atom. The Balaban J connectivity index is 3.74. The van der Waals surface area contributed by atoms with Crippen molar-refractivity contribution in [1.29, 1.82) is 0 Å². The van der Waals surface area contributed by atoms with Gasteiger partial charge in [-0.1, -0.05) is 204 Å². The highest BCUT2D eigenvalue weighted by Gasteiger charge is 2.20. The third-order valence-electron chi connectivity index (χ3n) is 10.6. The molecular formula is C49H91NO4. The lowest BCUT2D eigenvalue weighted by Gasteiger charge is -2.20. The predicted molar refractivity (Wildman–Crippen MR) is 236 cm³/mol. The number of rotatable bonds is 42. The van der Waals surface area contributed by atoms with Gasteiger partial charge in [-0.15, -0.1) is 0 Å². The minimum Gasteiger partial charge on any atom is -0.394 e. The molecule has 0 aliphatic carbocycles. The van der Waals surface area contributed by atoms with Crippen LogP contribution in [-0.4, -0.2) is 46.1 Å². The first-order valence-corrected chi connectivity index (χ1v) is 23.4. The van der Waals surface area contributed by atoms with Gasteiger partial charge in [-0.3, -0.25) is 4.79 Å². The van der Waals surface area contributed by atoms with Gasteiger partial charge in [0.1, 0.15) is 0 Å². The summed E-state index contributed by atoms with van der Waals surface area (Å²) in [5, 5.41) is 33.2. The second-order valence-electron chi connectivity index (χ2n) is 16.0. The van der Waals surface area contributed by atoms with Gasteiger partial charge in [0.25, 0.3) is 0 Å². The summed E-state index contributed by atoms with van der Waals surface area (Å²) in [6.07, 6.45) is 56.9. The number of unbranched alkanes of at least 4 members (excludes halogenated alkanes) is 27. The van der Waals surface area contributed by atoms with E-state index in [1.165, 1.54) is 154 Å². The van der Waals surface area contributed by atoms with Crippen LogP contribution in [-0.2, 0) is 4.79 Å². The molecule has 1 amide bonds. The summed E-state index contributed by atoms with van der Waals surface area (Å²) in [5.41, 5.74) is 0. The first-order chi connectivity index (χ1) is 26.5. The minimum absolute atomic E-state index is 0.00390. The fourth-order valence-corrected chi connectivity index (χ4v) is 6.95. The highest BCUT2D eigenvalue weighted by atomic mass is 16.3. The van der Waals surface area contributed by atoms with Crippen LogP contribution < -0.4 is 5.32 Å². The maximum Gasteiger partial charge on any atom is 0.222 e. The second-order valence-corrected chi connectivity index (χ2v) is 16.0. The molecule has 0 bridgehead atoms. The van der Waals surface area contributed by atoms with Crippen LogP contribution >= 0.6 is 0 Å². The van der Waals surface area contributed by atoms with Crippen LogP contribution in [0.25, 0.3) is 0 Å². The molecule has 0 heterocycles. The van der Waals surface area contributed by atoms with Gasteiger partial charge in [-0.25, -0.2) is 0 Å². The molecule has 0 aromatic heterocycles. The molecule has 0 radical (unpaired) electrons. The number of carbonyl (C=O) groups excluding carboxylic acids is 1. The van der Waals surface area contributed by atoms with Crippen LogP contribution in [0.2, 0.25) is 0 Å². The van der Waals surface area contributed by atoms with Crippen molar-refractivity contribution >= 4 is 5.91 Å². The Bertz CT molecular complexity index is 881. The molecule has 5 heteroatoms.